The summed E-state index contributed by atoms with van der Waals surface area (Å²) in [5.74, 6) is 1.11. The lowest BCUT2D eigenvalue weighted by molar-refractivity contribution is -0.116. The molecule has 2 nitrogen and oxygen atoms in total. The number of Topliss-reactive ketones (excluding diaryl/α,β-unsaturated/α-hetero) is 1. The average Bonchev–Trinajstić information content (AvgIpc) is 2.41. The lowest BCUT2D eigenvalue weighted by atomic mass is 9.96. The number of hydrogen-bond donors (Lipinski definition) is 0. The van der Waals surface area contributed by atoms with E-state index >= 15 is 0 Å². The molecule has 0 fully saturated rings. The van der Waals surface area contributed by atoms with Gasteiger partial charge < -0.3 is 4.74 Å². The van der Waals surface area contributed by atoms with Crippen LogP contribution in [0.5, 0.6) is 5.75 Å². The zero-order chi connectivity index (χ0) is 14.7. The standard InChI is InChI=1S/C18H20O2/c1-12-10-18(20-4)13(2)9-17(12)16-7-5-15(6-8-16)11-14(3)19/h5-10H,11H2,1-4H3. The van der Waals surface area contributed by atoms with E-state index in [0.29, 0.717) is 6.42 Å². The van der Waals surface area contributed by atoms with Crippen LogP contribution >= 0.6 is 0 Å². The molecule has 0 aromatic heterocycles. The smallest absolute Gasteiger partial charge is 0.134 e. The van der Waals surface area contributed by atoms with Crippen LogP contribution in [-0.2, 0) is 11.2 Å². The summed E-state index contributed by atoms with van der Waals surface area (Å²) in [7, 11) is 1.69. The Balaban J connectivity index is 2.36. The molecule has 2 heteroatoms. The molecule has 0 aliphatic carbocycles. The maximum Gasteiger partial charge on any atom is 0.134 e. The number of carbonyl (C=O) groups is 1. The predicted octanol–water partition coefficient (Wildman–Crippen LogP) is 4.11. The van der Waals surface area contributed by atoms with Crippen molar-refractivity contribution in [2.45, 2.75) is 27.2 Å². The molecule has 0 bridgehead atoms. The second kappa shape index (κ2) is 5.91. The maximum absolute atomic E-state index is 11.1. The lowest BCUT2D eigenvalue weighted by Crippen LogP contribution is -1.96. The number of rotatable bonds is 4. The monoisotopic (exact) mass is 268 g/mol. The summed E-state index contributed by atoms with van der Waals surface area (Å²) in [5.41, 5.74) is 5.75. The van der Waals surface area contributed by atoms with Crippen molar-refractivity contribution in [1.82, 2.24) is 0 Å². The highest BCUT2D eigenvalue weighted by atomic mass is 16.5. The quantitative estimate of drug-likeness (QED) is 0.834. The molecule has 0 unspecified atom stereocenters. The van der Waals surface area contributed by atoms with Gasteiger partial charge >= 0.3 is 0 Å². The van der Waals surface area contributed by atoms with Crippen molar-refractivity contribution in [3.63, 3.8) is 0 Å². The molecule has 0 aliphatic rings. The number of ketones is 1. The molecule has 2 aromatic rings. The summed E-state index contributed by atoms with van der Waals surface area (Å²) in [5, 5.41) is 0. The average molecular weight is 268 g/mol. The van der Waals surface area contributed by atoms with Crippen LogP contribution in [0.25, 0.3) is 11.1 Å². The summed E-state index contributed by atoms with van der Waals surface area (Å²) in [6.45, 7) is 5.75. The summed E-state index contributed by atoms with van der Waals surface area (Å²) < 4.78 is 5.34. The fraction of sp³-hybridized carbons (Fsp3) is 0.278. The van der Waals surface area contributed by atoms with Gasteiger partial charge in [-0.05, 0) is 60.7 Å². The molecule has 0 saturated heterocycles. The van der Waals surface area contributed by atoms with Gasteiger partial charge in [0.1, 0.15) is 11.5 Å². The topological polar surface area (TPSA) is 26.3 Å². The van der Waals surface area contributed by atoms with E-state index in [9.17, 15) is 4.79 Å². The first-order chi connectivity index (χ1) is 9.51. The van der Waals surface area contributed by atoms with Crippen molar-refractivity contribution >= 4 is 5.78 Å². The number of aryl methyl sites for hydroxylation is 2. The van der Waals surface area contributed by atoms with Crippen molar-refractivity contribution in [1.29, 1.82) is 0 Å². The third kappa shape index (κ3) is 3.08. The van der Waals surface area contributed by atoms with Gasteiger partial charge in [-0.1, -0.05) is 24.3 Å². The summed E-state index contributed by atoms with van der Waals surface area (Å²) in [4.78, 5) is 11.1. The second-order valence-corrected chi connectivity index (χ2v) is 5.21. The van der Waals surface area contributed by atoms with E-state index in [2.05, 4.69) is 31.2 Å². The molecule has 0 saturated carbocycles. The Morgan fingerprint density at radius 3 is 2.25 bits per heavy atom. The number of hydrogen-bond acceptors (Lipinski definition) is 2. The van der Waals surface area contributed by atoms with Crippen LogP contribution in [0, 0.1) is 13.8 Å². The van der Waals surface area contributed by atoms with Gasteiger partial charge in [0.25, 0.3) is 0 Å². The number of methoxy groups -OCH3 is 1. The van der Waals surface area contributed by atoms with Crippen molar-refractivity contribution in [3.05, 3.63) is 53.1 Å². The van der Waals surface area contributed by atoms with Crippen LogP contribution in [0.3, 0.4) is 0 Å². The highest BCUT2D eigenvalue weighted by Crippen LogP contribution is 2.30. The highest BCUT2D eigenvalue weighted by molar-refractivity contribution is 5.78. The van der Waals surface area contributed by atoms with Gasteiger partial charge in [0, 0.05) is 6.42 Å². The first-order valence-electron chi connectivity index (χ1n) is 6.75. The lowest BCUT2D eigenvalue weighted by Gasteiger charge is -2.12. The molecule has 0 atom stereocenters. The van der Waals surface area contributed by atoms with Crippen LogP contribution < -0.4 is 4.74 Å². The molecule has 0 N–H and O–H groups in total. The Morgan fingerprint density at radius 1 is 1.05 bits per heavy atom. The number of ether oxygens (including phenoxy) is 1. The molecule has 0 spiro atoms. The van der Waals surface area contributed by atoms with Crippen LogP contribution in [-0.4, -0.2) is 12.9 Å². The molecule has 2 rings (SSSR count). The van der Waals surface area contributed by atoms with Gasteiger partial charge in [0.05, 0.1) is 7.11 Å². The molecular weight excluding hydrogens is 248 g/mol. The SMILES string of the molecule is COc1cc(C)c(-c2ccc(CC(C)=O)cc2)cc1C. The van der Waals surface area contributed by atoms with E-state index in [1.54, 1.807) is 14.0 Å². The Bertz CT molecular complexity index is 625. The van der Waals surface area contributed by atoms with E-state index < -0.39 is 0 Å². The van der Waals surface area contributed by atoms with E-state index in [0.717, 1.165) is 16.9 Å². The minimum Gasteiger partial charge on any atom is -0.496 e. The Hall–Kier alpha value is -2.09. The van der Waals surface area contributed by atoms with E-state index in [1.165, 1.54) is 16.7 Å². The summed E-state index contributed by atoms with van der Waals surface area (Å²) in [6.07, 6.45) is 0.501. The normalized spacial score (nSPS) is 10.4. The number of carbonyl (C=O) groups excluding carboxylic acids is 1. The third-order valence-corrected chi connectivity index (χ3v) is 3.46. The largest absolute Gasteiger partial charge is 0.496 e. The summed E-state index contributed by atoms with van der Waals surface area (Å²) >= 11 is 0. The highest BCUT2D eigenvalue weighted by Gasteiger charge is 2.07. The first kappa shape index (κ1) is 14.3. The molecule has 0 amide bonds. The fourth-order valence-corrected chi connectivity index (χ4v) is 2.41. The van der Waals surface area contributed by atoms with E-state index in [-0.39, 0.29) is 5.78 Å². The third-order valence-electron chi connectivity index (χ3n) is 3.46. The fourth-order valence-electron chi connectivity index (χ4n) is 2.41. The van der Waals surface area contributed by atoms with E-state index in [4.69, 9.17) is 4.74 Å². The number of benzene rings is 2. The maximum atomic E-state index is 11.1. The van der Waals surface area contributed by atoms with Gasteiger partial charge in [-0.15, -0.1) is 0 Å². The Labute approximate surface area is 120 Å². The minimum atomic E-state index is 0.189. The van der Waals surface area contributed by atoms with Gasteiger partial charge in [-0.25, -0.2) is 0 Å². The van der Waals surface area contributed by atoms with Crippen molar-refractivity contribution in [2.24, 2.45) is 0 Å². The molecule has 20 heavy (non-hydrogen) atoms. The van der Waals surface area contributed by atoms with Gasteiger partial charge in [0.2, 0.25) is 0 Å². The van der Waals surface area contributed by atoms with Gasteiger partial charge in [-0.2, -0.15) is 0 Å². The van der Waals surface area contributed by atoms with Crippen LogP contribution in [0.15, 0.2) is 36.4 Å². The minimum absolute atomic E-state index is 0.189. The van der Waals surface area contributed by atoms with E-state index in [1.807, 2.05) is 19.1 Å². The zero-order valence-electron chi connectivity index (χ0n) is 12.5. The zero-order valence-corrected chi connectivity index (χ0v) is 12.5. The molecule has 0 aliphatic heterocycles. The van der Waals surface area contributed by atoms with Crippen molar-refractivity contribution in [2.75, 3.05) is 7.11 Å². The molecule has 0 heterocycles. The Kier molecular flexibility index (Phi) is 4.23. The summed E-state index contributed by atoms with van der Waals surface area (Å²) in [6, 6.07) is 12.4. The van der Waals surface area contributed by atoms with Crippen LogP contribution in [0.4, 0.5) is 0 Å². The van der Waals surface area contributed by atoms with Gasteiger partial charge in [-0.3, -0.25) is 4.79 Å². The molecular formula is C18H20O2. The van der Waals surface area contributed by atoms with Crippen LogP contribution in [0.1, 0.15) is 23.6 Å². The second-order valence-electron chi connectivity index (χ2n) is 5.21. The van der Waals surface area contributed by atoms with Crippen molar-refractivity contribution in [3.8, 4) is 16.9 Å². The van der Waals surface area contributed by atoms with Crippen LogP contribution in [0.2, 0.25) is 0 Å². The van der Waals surface area contributed by atoms with Crippen molar-refractivity contribution < 1.29 is 9.53 Å². The predicted molar refractivity (Wildman–Crippen MR) is 82.3 cm³/mol. The Morgan fingerprint density at radius 2 is 1.70 bits per heavy atom. The molecule has 104 valence electrons. The van der Waals surface area contributed by atoms with Gasteiger partial charge in [0.15, 0.2) is 0 Å². The first-order valence-corrected chi connectivity index (χ1v) is 6.75. The molecule has 0 radical (unpaired) electrons. The molecule has 2 aromatic carbocycles.